The fourth-order valence-corrected chi connectivity index (χ4v) is 3.91. The van der Waals surface area contributed by atoms with Gasteiger partial charge in [0.1, 0.15) is 4.99 Å². The lowest BCUT2D eigenvalue weighted by molar-refractivity contribution is 1.19. The van der Waals surface area contributed by atoms with Gasteiger partial charge in [-0.2, -0.15) is 0 Å². The SMILES string of the molecule is NC(=S)c1ccc(NCc2sccc2Br)c2ccccc12. The molecule has 0 saturated carbocycles. The largest absolute Gasteiger partial charge is 0.389 e. The molecule has 0 amide bonds. The molecule has 106 valence electrons. The van der Waals surface area contributed by atoms with Crippen LogP contribution in [0.15, 0.2) is 52.3 Å². The molecule has 3 aromatic rings. The zero-order chi connectivity index (χ0) is 14.8. The van der Waals surface area contributed by atoms with Gasteiger partial charge < -0.3 is 11.1 Å². The lowest BCUT2D eigenvalue weighted by Gasteiger charge is -2.12. The van der Waals surface area contributed by atoms with Gasteiger partial charge in [0.05, 0.1) is 6.54 Å². The maximum absolute atomic E-state index is 5.81. The van der Waals surface area contributed by atoms with Crippen molar-refractivity contribution in [2.75, 3.05) is 5.32 Å². The molecule has 1 aromatic heterocycles. The maximum Gasteiger partial charge on any atom is 0.104 e. The highest BCUT2D eigenvalue weighted by atomic mass is 79.9. The normalized spacial score (nSPS) is 10.7. The molecular formula is C16H13BrN2S2. The number of hydrogen-bond acceptors (Lipinski definition) is 3. The van der Waals surface area contributed by atoms with Crippen LogP contribution in [0.5, 0.6) is 0 Å². The van der Waals surface area contributed by atoms with E-state index in [2.05, 4.69) is 44.8 Å². The summed E-state index contributed by atoms with van der Waals surface area (Å²) in [5.74, 6) is 0. The Morgan fingerprint density at radius 1 is 1.14 bits per heavy atom. The number of thiocarbonyl (C=S) groups is 1. The highest BCUT2D eigenvalue weighted by Gasteiger charge is 2.08. The number of fused-ring (bicyclic) bond motifs is 1. The summed E-state index contributed by atoms with van der Waals surface area (Å²) < 4.78 is 1.14. The smallest absolute Gasteiger partial charge is 0.104 e. The molecule has 0 unspecified atom stereocenters. The molecule has 3 rings (SSSR count). The first-order chi connectivity index (χ1) is 10.2. The van der Waals surface area contributed by atoms with E-state index >= 15 is 0 Å². The Hall–Kier alpha value is -1.43. The van der Waals surface area contributed by atoms with E-state index in [1.807, 2.05) is 24.3 Å². The second kappa shape index (κ2) is 6.13. The molecule has 0 saturated heterocycles. The first-order valence-corrected chi connectivity index (χ1v) is 8.52. The third-order valence-electron chi connectivity index (χ3n) is 3.32. The van der Waals surface area contributed by atoms with E-state index in [0.29, 0.717) is 4.99 Å². The molecule has 0 atom stereocenters. The lowest BCUT2D eigenvalue weighted by Crippen LogP contribution is -2.10. The van der Waals surface area contributed by atoms with Crippen molar-refractivity contribution in [3.8, 4) is 0 Å². The second-order valence-electron chi connectivity index (χ2n) is 4.62. The van der Waals surface area contributed by atoms with Crippen molar-refractivity contribution in [2.24, 2.45) is 5.73 Å². The fourth-order valence-electron chi connectivity index (χ4n) is 2.29. The monoisotopic (exact) mass is 376 g/mol. The van der Waals surface area contributed by atoms with Crippen LogP contribution in [0.25, 0.3) is 10.8 Å². The van der Waals surface area contributed by atoms with Crippen molar-refractivity contribution in [1.82, 2.24) is 0 Å². The van der Waals surface area contributed by atoms with E-state index in [0.717, 1.165) is 33.0 Å². The molecule has 0 aliphatic rings. The zero-order valence-corrected chi connectivity index (χ0v) is 14.3. The maximum atomic E-state index is 5.81. The quantitative estimate of drug-likeness (QED) is 0.635. The van der Waals surface area contributed by atoms with Crippen molar-refractivity contribution in [2.45, 2.75) is 6.54 Å². The average molecular weight is 377 g/mol. The van der Waals surface area contributed by atoms with Crippen LogP contribution in [0.3, 0.4) is 0 Å². The Morgan fingerprint density at radius 2 is 1.90 bits per heavy atom. The van der Waals surface area contributed by atoms with Crippen LogP contribution < -0.4 is 11.1 Å². The van der Waals surface area contributed by atoms with Crippen LogP contribution in [0, 0.1) is 0 Å². The molecule has 3 N–H and O–H groups in total. The van der Waals surface area contributed by atoms with Crippen molar-refractivity contribution in [3.63, 3.8) is 0 Å². The Kier molecular flexibility index (Phi) is 4.24. The third-order valence-corrected chi connectivity index (χ3v) is 5.47. The molecule has 5 heteroatoms. The molecule has 0 bridgehead atoms. The molecule has 0 aliphatic carbocycles. The topological polar surface area (TPSA) is 38.0 Å². The molecule has 2 aromatic carbocycles. The predicted molar refractivity (Wildman–Crippen MR) is 99.2 cm³/mol. The minimum absolute atomic E-state index is 0.429. The van der Waals surface area contributed by atoms with Gasteiger partial charge in [-0.1, -0.05) is 36.5 Å². The molecule has 1 heterocycles. The Balaban J connectivity index is 1.98. The zero-order valence-electron chi connectivity index (χ0n) is 11.1. The van der Waals surface area contributed by atoms with Crippen LogP contribution in [0.1, 0.15) is 10.4 Å². The fraction of sp³-hybridized carbons (Fsp3) is 0.0625. The highest BCUT2D eigenvalue weighted by Crippen LogP contribution is 2.29. The van der Waals surface area contributed by atoms with Gasteiger partial charge in [-0.15, -0.1) is 11.3 Å². The molecular weight excluding hydrogens is 364 g/mol. The first kappa shape index (κ1) is 14.5. The van der Waals surface area contributed by atoms with E-state index in [9.17, 15) is 0 Å². The van der Waals surface area contributed by atoms with Crippen LogP contribution in [-0.2, 0) is 6.54 Å². The third kappa shape index (κ3) is 2.95. The summed E-state index contributed by atoms with van der Waals surface area (Å²) in [4.78, 5) is 1.70. The predicted octanol–water partition coefficient (Wildman–Crippen LogP) is 4.91. The summed E-state index contributed by atoms with van der Waals surface area (Å²) in [6, 6.07) is 14.3. The molecule has 0 aliphatic heterocycles. The number of hydrogen-bond donors (Lipinski definition) is 2. The van der Waals surface area contributed by atoms with Crippen molar-refractivity contribution in [1.29, 1.82) is 0 Å². The summed E-state index contributed by atoms with van der Waals surface area (Å²) in [6.07, 6.45) is 0. The Labute approximate surface area is 141 Å². The van der Waals surface area contributed by atoms with Gasteiger partial charge in [0, 0.05) is 26.0 Å². The van der Waals surface area contributed by atoms with E-state index in [4.69, 9.17) is 18.0 Å². The van der Waals surface area contributed by atoms with Gasteiger partial charge in [0.2, 0.25) is 0 Å². The van der Waals surface area contributed by atoms with Gasteiger partial charge in [0.15, 0.2) is 0 Å². The number of nitrogens with two attached hydrogens (primary N) is 1. The first-order valence-electron chi connectivity index (χ1n) is 6.44. The average Bonchev–Trinajstić information content (AvgIpc) is 2.89. The number of anilines is 1. The number of halogens is 1. The van der Waals surface area contributed by atoms with E-state index < -0.39 is 0 Å². The van der Waals surface area contributed by atoms with Crippen molar-refractivity contribution < 1.29 is 0 Å². The van der Waals surface area contributed by atoms with Gasteiger partial charge in [-0.25, -0.2) is 0 Å². The van der Waals surface area contributed by atoms with Gasteiger partial charge >= 0.3 is 0 Å². The number of thiophene rings is 1. The number of benzene rings is 2. The minimum Gasteiger partial charge on any atom is -0.389 e. The molecule has 0 spiro atoms. The van der Waals surface area contributed by atoms with Crippen LogP contribution >= 0.6 is 39.5 Å². The number of rotatable bonds is 4. The van der Waals surface area contributed by atoms with E-state index in [1.54, 1.807) is 11.3 Å². The summed E-state index contributed by atoms with van der Waals surface area (Å²) in [5.41, 5.74) is 7.82. The van der Waals surface area contributed by atoms with Crippen LogP contribution in [0.2, 0.25) is 0 Å². The molecule has 2 nitrogen and oxygen atoms in total. The van der Waals surface area contributed by atoms with Gasteiger partial charge in [-0.05, 0) is 44.9 Å². The van der Waals surface area contributed by atoms with Crippen molar-refractivity contribution in [3.05, 3.63) is 62.8 Å². The summed E-state index contributed by atoms with van der Waals surface area (Å²) in [6.45, 7) is 0.786. The number of nitrogens with one attached hydrogen (secondary N) is 1. The second-order valence-corrected chi connectivity index (χ2v) is 6.91. The molecule has 0 radical (unpaired) electrons. The van der Waals surface area contributed by atoms with E-state index in [1.165, 1.54) is 4.88 Å². The Bertz CT molecular complexity index is 811. The minimum atomic E-state index is 0.429. The van der Waals surface area contributed by atoms with Gasteiger partial charge in [0.25, 0.3) is 0 Å². The standard InChI is InChI=1S/C16H13BrN2S2/c17-13-7-8-21-15(13)9-19-14-6-5-12(16(18)20)10-3-1-2-4-11(10)14/h1-8,19H,9H2,(H2,18,20). The summed E-state index contributed by atoms with van der Waals surface area (Å²) in [7, 11) is 0. The summed E-state index contributed by atoms with van der Waals surface area (Å²) >= 11 is 10.4. The highest BCUT2D eigenvalue weighted by molar-refractivity contribution is 9.10. The Morgan fingerprint density at radius 3 is 2.57 bits per heavy atom. The molecule has 0 fully saturated rings. The lowest BCUT2D eigenvalue weighted by atomic mass is 10.0. The van der Waals surface area contributed by atoms with E-state index in [-0.39, 0.29) is 0 Å². The van der Waals surface area contributed by atoms with Crippen LogP contribution in [-0.4, -0.2) is 4.99 Å². The van der Waals surface area contributed by atoms with Crippen molar-refractivity contribution >= 4 is 60.9 Å². The molecule has 21 heavy (non-hydrogen) atoms. The van der Waals surface area contributed by atoms with Gasteiger partial charge in [-0.3, -0.25) is 0 Å². The summed E-state index contributed by atoms with van der Waals surface area (Å²) in [5, 5.41) is 7.79. The van der Waals surface area contributed by atoms with Crippen LogP contribution in [0.4, 0.5) is 5.69 Å².